The highest BCUT2D eigenvalue weighted by Gasteiger charge is 2.47. The van der Waals surface area contributed by atoms with Crippen molar-refractivity contribution in [3.05, 3.63) is 329 Å². The van der Waals surface area contributed by atoms with E-state index < -0.39 is 5.41 Å². The molecule has 73 heavy (non-hydrogen) atoms. The second-order valence-electron chi connectivity index (χ2n) is 18.8. The Labute approximate surface area is 426 Å². The molecule has 0 bridgehead atoms. The van der Waals surface area contributed by atoms with Gasteiger partial charge in [-0.2, -0.15) is 0 Å². The van der Waals surface area contributed by atoms with Crippen LogP contribution in [-0.4, -0.2) is 5.71 Å². The molecule has 1 aliphatic carbocycles. The topological polar surface area (TPSA) is 39.1 Å². The Hall–Kier alpha value is -9.57. The summed E-state index contributed by atoms with van der Waals surface area (Å²) in [6.45, 7) is 0. The lowest BCUT2D eigenvalue weighted by Gasteiger charge is -2.34. The largest absolute Gasteiger partial charge is 0.354 e. The summed E-state index contributed by atoms with van der Waals surface area (Å²) in [6, 6.07) is 100. The molecule has 3 nitrogen and oxygen atoms in total. The fraction of sp³-hybridized carbons (Fsp3) is 0.0143. The van der Waals surface area contributed by atoms with Gasteiger partial charge in [-0.25, -0.2) is 0 Å². The van der Waals surface area contributed by atoms with Gasteiger partial charge in [0.1, 0.15) is 0 Å². The summed E-state index contributed by atoms with van der Waals surface area (Å²) in [7, 11) is 0. The summed E-state index contributed by atoms with van der Waals surface area (Å²) in [5.41, 5.74) is 20.2. The van der Waals surface area contributed by atoms with Crippen molar-refractivity contribution in [3.8, 4) is 22.3 Å². The maximum atomic E-state index is 10.0. The van der Waals surface area contributed by atoms with Crippen LogP contribution in [0, 0.1) is 5.41 Å². The average Bonchev–Trinajstić information content (AvgIpc) is 3.78. The molecule has 0 atom stereocenters. The third-order valence-electron chi connectivity index (χ3n) is 14.7. The van der Waals surface area contributed by atoms with E-state index in [1.54, 1.807) is 0 Å². The predicted octanol–water partition coefficient (Wildman–Crippen LogP) is 17.4. The van der Waals surface area contributed by atoms with E-state index in [4.69, 9.17) is 0 Å². The summed E-state index contributed by atoms with van der Waals surface area (Å²) < 4.78 is 0. The van der Waals surface area contributed by atoms with Crippen molar-refractivity contribution < 1.29 is 0 Å². The van der Waals surface area contributed by atoms with Crippen molar-refractivity contribution in [1.82, 2.24) is 5.32 Å². The molecule has 11 aromatic rings. The van der Waals surface area contributed by atoms with Crippen molar-refractivity contribution >= 4 is 56.6 Å². The van der Waals surface area contributed by atoms with Crippen molar-refractivity contribution in [1.29, 1.82) is 5.41 Å². The van der Waals surface area contributed by atoms with Crippen LogP contribution in [0.25, 0.3) is 56.1 Å². The van der Waals surface area contributed by atoms with E-state index in [1.807, 2.05) is 36.4 Å². The molecule has 13 rings (SSSR count). The van der Waals surface area contributed by atoms with Gasteiger partial charge in [0.15, 0.2) is 0 Å². The van der Waals surface area contributed by atoms with Gasteiger partial charge in [-0.05, 0) is 109 Å². The normalized spacial score (nSPS) is 13.7. The van der Waals surface area contributed by atoms with E-state index in [-0.39, 0.29) is 0 Å². The maximum Gasteiger partial charge on any atom is 0.0714 e. The first-order chi connectivity index (χ1) is 36.1. The molecule has 1 heterocycles. The molecule has 0 unspecified atom stereocenters. The van der Waals surface area contributed by atoms with Gasteiger partial charge >= 0.3 is 0 Å². The summed E-state index contributed by atoms with van der Waals surface area (Å²) >= 11 is 0. The number of benzene rings is 11. The number of hydrogen-bond donors (Lipinski definition) is 2. The van der Waals surface area contributed by atoms with Crippen molar-refractivity contribution in [2.45, 2.75) is 5.41 Å². The average molecular weight is 932 g/mol. The molecule has 2 N–H and O–H groups in total. The van der Waals surface area contributed by atoms with Crippen molar-refractivity contribution in [2.75, 3.05) is 4.90 Å². The number of allylic oxidation sites excluding steroid dienone is 1. The van der Waals surface area contributed by atoms with Crippen LogP contribution in [-0.2, 0) is 5.41 Å². The van der Waals surface area contributed by atoms with Gasteiger partial charge in [0.05, 0.1) is 22.5 Å². The molecule has 2 aliphatic rings. The molecule has 3 heteroatoms. The molecule has 0 aromatic heterocycles. The monoisotopic (exact) mass is 931 g/mol. The van der Waals surface area contributed by atoms with E-state index in [2.05, 4.69) is 259 Å². The Morgan fingerprint density at radius 2 is 0.959 bits per heavy atom. The van der Waals surface area contributed by atoms with Crippen LogP contribution in [0.5, 0.6) is 0 Å². The molecule has 0 saturated heterocycles. The minimum atomic E-state index is -0.577. The first kappa shape index (κ1) is 43.5. The first-order valence-electron chi connectivity index (χ1n) is 25.0. The molecule has 1 aliphatic heterocycles. The highest BCUT2D eigenvalue weighted by molar-refractivity contribution is 6.36. The third-order valence-corrected chi connectivity index (χ3v) is 14.7. The second-order valence-corrected chi connectivity index (χ2v) is 18.8. The van der Waals surface area contributed by atoms with Gasteiger partial charge in [0.2, 0.25) is 0 Å². The Balaban J connectivity index is 1.08. The molecule has 0 spiro atoms. The number of nitrogens with one attached hydrogen (secondary N) is 2. The van der Waals surface area contributed by atoms with Gasteiger partial charge in [0.25, 0.3) is 0 Å². The second kappa shape index (κ2) is 18.3. The Morgan fingerprint density at radius 1 is 0.397 bits per heavy atom. The lowest BCUT2D eigenvalue weighted by atomic mass is 9.68. The first-order valence-corrected chi connectivity index (χ1v) is 25.0. The van der Waals surface area contributed by atoms with E-state index in [0.717, 1.165) is 67.4 Å². The van der Waals surface area contributed by atoms with Crippen LogP contribution >= 0.6 is 0 Å². The lowest BCUT2D eigenvalue weighted by Crippen LogP contribution is -2.28. The quantitative estimate of drug-likeness (QED) is 0.134. The van der Waals surface area contributed by atoms with Crippen LogP contribution in [0.15, 0.2) is 279 Å². The summed E-state index contributed by atoms with van der Waals surface area (Å²) in [6.07, 6.45) is 2.25. The molecule has 0 amide bonds. The van der Waals surface area contributed by atoms with Crippen molar-refractivity contribution in [2.24, 2.45) is 0 Å². The Morgan fingerprint density at radius 3 is 1.66 bits per heavy atom. The number of nitrogens with zero attached hydrogens (tertiary/aromatic N) is 1. The highest BCUT2D eigenvalue weighted by atomic mass is 15.1. The standard InChI is InChI=1S/C70H49N3/c71-68(52-26-10-3-11-27-52)66(51-24-8-2-9-25-51)69-61-47-59(44-41-55(61)46-64(72-69)50-22-6-1-7-23-50)73(58-42-39-49(40-43-58)54-38-37-48-21-16-17-28-53(48)45-54)65-36-20-35-63-67(65)60-33-18-19-34-62(60)70(63,56-29-12-4-13-30-56)57-31-14-5-15-32-57/h1-47,71-72H/b69-66-,71-68?. The lowest BCUT2D eigenvalue weighted by molar-refractivity contribution is 0.768. The number of fused-ring (bicyclic) bond motifs is 5. The van der Waals surface area contributed by atoms with E-state index in [0.29, 0.717) is 5.71 Å². The summed E-state index contributed by atoms with van der Waals surface area (Å²) in [5, 5.41) is 16.4. The Bertz CT molecular complexity index is 3880. The van der Waals surface area contributed by atoms with Gasteiger partial charge < -0.3 is 10.2 Å². The van der Waals surface area contributed by atoms with E-state index in [1.165, 1.54) is 49.7 Å². The maximum absolute atomic E-state index is 10.0. The molecule has 11 aromatic carbocycles. The van der Waals surface area contributed by atoms with Gasteiger partial charge in [-0.15, -0.1) is 0 Å². The SMILES string of the molecule is N=C(/C(=C1\NC(c2ccccc2)=Cc2ccc(N(c3ccc(-c4ccc5ccccc5c4)cc3)c3cccc4c3-c3ccccc3C4(c3ccccc3)c3ccccc3)cc21)c1ccccc1)c1ccccc1. The molecular weight excluding hydrogens is 883 g/mol. The third kappa shape index (κ3) is 7.49. The zero-order chi connectivity index (χ0) is 48.7. The molecule has 0 saturated carbocycles. The smallest absolute Gasteiger partial charge is 0.0714 e. The number of hydrogen-bond acceptors (Lipinski definition) is 3. The van der Waals surface area contributed by atoms with Crippen LogP contribution in [0.1, 0.15) is 50.1 Å². The van der Waals surface area contributed by atoms with Gasteiger partial charge in [-0.1, -0.05) is 243 Å². The van der Waals surface area contributed by atoms with Gasteiger partial charge in [-0.3, -0.25) is 5.41 Å². The molecule has 0 fully saturated rings. The summed E-state index contributed by atoms with van der Waals surface area (Å²) in [4.78, 5) is 2.45. The van der Waals surface area contributed by atoms with Crippen LogP contribution < -0.4 is 10.2 Å². The number of rotatable bonds is 10. The molecule has 344 valence electrons. The predicted molar refractivity (Wildman–Crippen MR) is 305 cm³/mol. The van der Waals surface area contributed by atoms with E-state index >= 15 is 0 Å². The Kier molecular flexibility index (Phi) is 10.9. The zero-order valence-electron chi connectivity index (χ0n) is 40.1. The van der Waals surface area contributed by atoms with Crippen LogP contribution in [0.4, 0.5) is 17.1 Å². The minimum Gasteiger partial charge on any atom is -0.354 e. The summed E-state index contributed by atoms with van der Waals surface area (Å²) in [5.74, 6) is 0. The van der Waals surface area contributed by atoms with Crippen molar-refractivity contribution in [3.63, 3.8) is 0 Å². The van der Waals surface area contributed by atoms with Crippen LogP contribution in [0.3, 0.4) is 0 Å². The molecular formula is C70H49N3. The van der Waals surface area contributed by atoms with E-state index in [9.17, 15) is 5.41 Å². The van der Waals surface area contributed by atoms with Crippen LogP contribution in [0.2, 0.25) is 0 Å². The fourth-order valence-electron chi connectivity index (χ4n) is 11.4. The minimum absolute atomic E-state index is 0.441. The fourth-order valence-corrected chi connectivity index (χ4v) is 11.4. The van der Waals surface area contributed by atoms with Gasteiger partial charge in [0, 0.05) is 39.3 Å². The molecule has 0 radical (unpaired) electrons. The zero-order valence-corrected chi connectivity index (χ0v) is 40.1. The number of anilines is 3. The highest BCUT2D eigenvalue weighted by Crippen LogP contribution is 2.59.